The molecule has 9 heteroatoms. The molecule has 10 atom stereocenters. The highest BCUT2D eigenvalue weighted by Gasteiger charge is 2.71. The third kappa shape index (κ3) is 6.38. The van der Waals surface area contributed by atoms with Crippen LogP contribution in [0.3, 0.4) is 0 Å². The van der Waals surface area contributed by atoms with Gasteiger partial charge in [0, 0.05) is 12.0 Å². The van der Waals surface area contributed by atoms with E-state index in [1.807, 2.05) is 0 Å². The van der Waals surface area contributed by atoms with E-state index in [0.717, 1.165) is 64.2 Å². The predicted molar refractivity (Wildman–Crippen MR) is 183 cm³/mol. The largest absolute Gasteiger partial charge is 0.481 e. The van der Waals surface area contributed by atoms with E-state index >= 15 is 0 Å². The van der Waals surface area contributed by atoms with E-state index in [0.29, 0.717) is 36.0 Å². The van der Waals surface area contributed by atoms with Crippen molar-refractivity contribution in [1.82, 2.24) is 5.32 Å². The van der Waals surface area contributed by atoms with Gasteiger partial charge in [0.2, 0.25) is 0 Å². The maximum absolute atomic E-state index is 13.2. The van der Waals surface area contributed by atoms with Crippen LogP contribution in [-0.2, 0) is 19.1 Å². The molecule has 49 heavy (non-hydrogen) atoms. The maximum Gasteiger partial charge on any atom is 0.471 e. The van der Waals surface area contributed by atoms with Crippen molar-refractivity contribution in [1.29, 1.82) is 0 Å². The van der Waals surface area contributed by atoms with Gasteiger partial charge in [0.15, 0.2) is 0 Å². The first-order chi connectivity index (χ1) is 22.4. The lowest BCUT2D eigenvalue weighted by atomic mass is 9.32. The Morgan fingerprint density at radius 1 is 0.857 bits per heavy atom. The summed E-state index contributed by atoms with van der Waals surface area (Å²) in [5.74, 6) is -1.03. The molecule has 0 aromatic carbocycles. The van der Waals surface area contributed by atoms with Crippen molar-refractivity contribution in [3.05, 3.63) is 12.2 Å². The van der Waals surface area contributed by atoms with Crippen molar-refractivity contribution in [2.75, 3.05) is 6.54 Å². The number of carbonyl (C=O) groups is 3. The Hall–Kier alpha value is -2.06. The number of hydrogen-bond donors (Lipinski definition) is 2. The van der Waals surface area contributed by atoms with Gasteiger partial charge in [-0.3, -0.25) is 14.4 Å². The van der Waals surface area contributed by atoms with Crippen LogP contribution in [0.15, 0.2) is 12.2 Å². The summed E-state index contributed by atoms with van der Waals surface area (Å²) in [6.07, 6.45) is 5.67. The zero-order valence-corrected chi connectivity index (χ0v) is 31.3. The third-order valence-electron chi connectivity index (χ3n) is 15.9. The van der Waals surface area contributed by atoms with Crippen LogP contribution in [0.4, 0.5) is 13.2 Å². The molecule has 5 aliphatic rings. The first-order valence-electron chi connectivity index (χ1n) is 18.9. The Labute approximate surface area is 292 Å². The lowest BCUT2D eigenvalue weighted by Gasteiger charge is -2.73. The molecular weight excluding hydrogens is 631 g/mol. The molecule has 0 spiro atoms. The molecule has 5 aliphatic carbocycles. The number of alkyl halides is 3. The van der Waals surface area contributed by atoms with Crippen molar-refractivity contribution in [2.24, 2.45) is 62.1 Å². The number of halogens is 3. The molecule has 5 rings (SSSR count). The lowest BCUT2D eigenvalue weighted by molar-refractivity contribution is -0.250. The van der Waals surface area contributed by atoms with Gasteiger partial charge in [0.25, 0.3) is 0 Å². The molecule has 0 aromatic heterocycles. The lowest BCUT2D eigenvalue weighted by Crippen LogP contribution is -2.66. The molecule has 0 aliphatic heterocycles. The molecule has 6 nitrogen and oxygen atoms in total. The molecule has 0 aromatic rings. The second-order valence-electron chi connectivity index (χ2n) is 19.3. The first-order valence-corrected chi connectivity index (χ1v) is 18.9. The van der Waals surface area contributed by atoms with Gasteiger partial charge in [-0.1, -0.05) is 60.6 Å². The SMILES string of the molecule is C=C(C)C1CC[C@]2(CCNC(=O)C(F)(F)F)CC[C@]3(C)[C@H](CCC4[C@@]5(C)CCC(OC(=O)CC(C)(C)CC(=O)O)C(C)(C)C5CC[C@]43C)C12. The van der Waals surface area contributed by atoms with E-state index < -0.39 is 23.5 Å². The Morgan fingerprint density at radius 2 is 1.53 bits per heavy atom. The molecule has 2 N–H and O–H groups in total. The van der Waals surface area contributed by atoms with Gasteiger partial charge in [-0.25, -0.2) is 0 Å². The van der Waals surface area contributed by atoms with E-state index in [9.17, 15) is 32.7 Å². The zero-order chi connectivity index (χ0) is 36.6. The number of allylic oxidation sites excluding steroid dienone is 1. The summed E-state index contributed by atoms with van der Waals surface area (Å²) >= 11 is 0. The molecule has 0 saturated heterocycles. The molecule has 5 unspecified atom stereocenters. The van der Waals surface area contributed by atoms with Gasteiger partial charge in [-0.2, -0.15) is 13.2 Å². The zero-order valence-electron chi connectivity index (χ0n) is 31.3. The summed E-state index contributed by atoms with van der Waals surface area (Å²) in [5.41, 5.74) is 0.454. The summed E-state index contributed by atoms with van der Waals surface area (Å²) < 4.78 is 45.3. The van der Waals surface area contributed by atoms with Gasteiger partial charge >= 0.3 is 24.0 Å². The number of ether oxygens (including phenoxy) is 1. The average molecular weight is 694 g/mol. The van der Waals surface area contributed by atoms with Gasteiger partial charge in [0.1, 0.15) is 6.10 Å². The summed E-state index contributed by atoms with van der Waals surface area (Å²) in [5, 5.41) is 11.5. The van der Waals surface area contributed by atoms with Crippen LogP contribution in [0.5, 0.6) is 0 Å². The molecule has 1 amide bonds. The maximum atomic E-state index is 13.2. The Balaban J connectivity index is 1.37. The quantitative estimate of drug-likeness (QED) is 0.185. The molecule has 5 fully saturated rings. The minimum absolute atomic E-state index is 0.0543. The number of aliphatic carboxylic acids is 1. The number of fused-ring (bicyclic) bond motifs is 7. The van der Waals surface area contributed by atoms with Crippen LogP contribution in [0.1, 0.15) is 139 Å². The van der Waals surface area contributed by atoms with E-state index in [4.69, 9.17) is 4.74 Å². The average Bonchev–Trinajstić information content (AvgIpc) is 3.33. The number of carboxylic acids is 1. The van der Waals surface area contributed by atoms with Crippen molar-refractivity contribution in [3.8, 4) is 0 Å². The normalized spacial score (nSPS) is 41.4. The van der Waals surface area contributed by atoms with Crippen LogP contribution < -0.4 is 5.32 Å². The van der Waals surface area contributed by atoms with Gasteiger partial charge in [-0.05, 0) is 134 Å². The van der Waals surface area contributed by atoms with Crippen LogP contribution in [0, 0.1) is 62.1 Å². The molecule has 0 radical (unpaired) electrons. The Bertz CT molecular complexity index is 1340. The van der Waals surface area contributed by atoms with Gasteiger partial charge in [0.05, 0.1) is 12.8 Å². The standard InChI is InChI=1S/C40H62F3NO5/c1-24(2)25-12-17-39(20-21-44-33(48)40(41,42)43)19-18-37(8)26(32(25)39)10-11-28-36(7)15-14-29(35(5,6)27(36)13-16-38(28,37)9)49-31(47)23-34(3,4)22-30(45)46/h25-29,32H,1,10-23H2,2-9H3,(H,44,48)(H,45,46)/t25?,26-,27?,28?,29?,32?,36+,37-,38-,39-/m1/s1. The summed E-state index contributed by atoms with van der Waals surface area (Å²) in [6.45, 7) is 22.3. The smallest absolute Gasteiger partial charge is 0.471 e. The Morgan fingerprint density at radius 3 is 2.14 bits per heavy atom. The van der Waals surface area contributed by atoms with E-state index in [2.05, 4.69) is 53.4 Å². The summed E-state index contributed by atoms with van der Waals surface area (Å²) in [7, 11) is 0. The number of rotatable bonds is 9. The van der Waals surface area contributed by atoms with Crippen LogP contribution in [-0.4, -0.2) is 41.8 Å². The number of esters is 1. The number of carbonyl (C=O) groups excluding carboxylic acids is 2. The fourth-order valence-electron chi connectivity index (χ4n) is 13.5. The number of hydrogen-bond acceptors (Lipinski definition) is 4. The predicted octanol–water partition coefficient (Wildman–Crippen LogP) is 9.52. The summed E-state index contributed by atoms with van der Waals surface area (Å²) in [4.78, 5) is 36.2. The van der Waals surface area contributed by atoms with Crippen LogP contribution in [0.2, 0.25) is 0 Å². The fraction of sp³-hybridized carbons (Fsp3) is 0.875. The first kappa shape index (κ1) is 38.2. The van der Waals surface area contributed by atoms with Crippen molar-refractivity contribution in [2.45, 2.75) is 151 Å². The van der Waals surface area contributed by atoms with Gasteiger partial charge in [-0.15, -0.1) is 0 Å². The van der Waals surface area contributed by atoms with E-state index in [-0.39, 0.29) is 58.5 Å². The highest BCUT2D eigenvalue weighted by Crippen LogP contribution is 2.78. The summed E-state index contributed by atoms with van der Waals surface area (Å²) in [6, 6.07) is 0. The van der Waals surface area contributed by atoms with Crippen LogP contribution >= 0.6 is 0 Å². The van der Waals surface area contributed by atoms with E-state index in [1.165, 1.54) is 5.57 Å². The second-order valence-corrected chi connectivity index (χ2v) is 19.3. The topological polar surface area (TPSA) is 92.7 Å². The van der Waals surface area contributed by atoms with Crippen molar-refractivity contribution in [3.63, 3.8) is 0 Å². The van der Waals surface area contributed by atoms with Crippen molar-refractivity contribution >= 4 is 17.8 Å². The van der Waals surface area contributed by atoms with E-state index in [1.54, 1.807) is 13.8 Å². The molecular formula is C40H62F3NO5. The molecule has 0 bridgehead atoms. The van der Waals surface area contributed by atoms with Gasteiger partial charge < -0.3 is 15.2 Å². The fourth-order valence-corrected chi connectivity index (χ4v) is 13.5. The number of carboxylic acid groups (broad SMARTS) is 1. The molecule has 5 saturated carbocycles. The highest BCUT2D eigenvalue weighted by molar-refractivity contribution is 5.81. The van der Waals surface area contributed by atoms with Crippen LogP contribution in [0.25, 0.3) is 0 Å². The van der Waals surface area contributed by atoms with Crippen molar-refractivity contribution < 1.29 is 37.4 Å². The molecule has 278 valence electrons. The Kier molecular flexibility index (Phi) is 9.79. The minimum atomic E-state index is -4.87. The minimum Gasteiger partial charge on any atom is -0.481 e. The number of amides is 1. The monoisotopic (exact) mass is 693 g/mol. The number of nitrogens with one attached hydrogen (secondary N) is 1. The third-order valence-corrected chi connectivity index (χ3v) is 15.9. The highest BCUT2D eigenvalue weighted by atomic mass is 19.4. The molecule has 0 heterocycles. The second kappa shape index (κ2) is 12.6.